The number of aromatic hydroxyl groups is 1. The zero-order chi connectivity index (χ0) is 20.8. The molecule has 0 aliphatic heterocycles. The number of phenols is 1. The van der Waals surface area contributed by atoms with Crippen molar-refractivity contribution in [1.29, 1.82) is 0 Å². The monoisotopic (exact) mass is 401 g/mol. The fourth-order valence-corrected chi connectivity index (χ4v) is 3.24. The number of rotatable bonds is 3. The van der Waals surface area contributed by atoms with Crippen molar-refractivity contribution >= 4 is 5.65 Å². The van der Waals surface area contributed by atoms with Gasteiger partial charge in [0.2, 0.25) is 0 Å². The SMILES string of the molecule is CCc1nc2cnc(-c3cccc(C(F)(F)F)c3)cn2c1-c1ccc(O)cc1F. The fourth-order valence-electron chi connectivity index (χ4n) is 3.24. The maximum Gasteiger partial charge on any atom is 0.416 e. The second-order valence-electron chi connectivity index (χ2n) is 6.50. The number of aromatic nitrogens is 3. The minimum atomic E-state index is -4.47. The van der Waals surface area contributed by atoms with E-state index in [0.717, 1.165) is 18.2 Å². The van der Waals surface area contributed by atoms with Crippen molar-refractivity contribution in [2.45, 2.75) is 19.5 Å². The van der Waals surface area contributed by atoms with Gasteiger partial charge in [-0.25, -0.2) is 9.37 Å². The molecule has 0 atom stereocenters. The van der Waals surface area contributed by atoms with Crippen molar-refractivity contribution < 1.29 is 22.7 Å². The molecule has 0 aliphatic rings. The molecule has 1 N–H and O–H groups in total. The summed E-state index contributed by atoms with van der Waals surface area (Å²) in [5.41, 5.74) is 1.55. The second kappa shape index (κ2) is 6.88. The minimum Gasteiger partial charge on any atom is -0.508 e. The van der Waals surface area contributed by atoms with Gasteiger partial charge >= 0.3 is 6.18 Å². The molecule has 0 bridgehead atoms. The molecule has 0 amide bonds. The molecule has 2 aromatic heterocycles. The van der Waals surface area contributed by atoms with E-state index in [1.54, 1.807) is 10.6 Å². The quantitative estimate of drug-likeness (QED) is 0.462. The Labute approximate surface area is 163 Å². The predicted molar refractivity (Wildman–Crippen MR) is 99.9 cm³/mol. The van der Waals surface area contributed by atoms with Crippen molar-refractivity contribution in [2.24, 2.45) is 0 Å². The maximum absolute atomic E-state index is 14.5. The van der Waals surface area contributed by atoms with Crippen LogP contribution in [-0.4, -0.2) is 19.5 Å². The van der Waals surface area contributed by atoms with Crippen LogP contribution in [0.1, 0.15) is 18.2 Å². The number of fused-ring (bicyclic) bond motifs is 1. The van der Waals surface area contributed by atoms with Gasteiger partial charge in [0.1, 0.15) is 11.6 Å². The first-order valence-electron chi connectivity index (χ1n) is 8.81. The van der Waals surface area contributed by atoms with Crippen LogP contribution in [0.3, 0.4) is 0 Å². The van der Waals surface area contributed by atoms with Gasteiger partial charge in [-0.1, -0.05) is 19.1 Å². The van der Waals surface area contributed by atoms with E-state index in [0.29, 0.717) is 29.1 Å². The van der Waals surface area contributed by atoms with E-state index in [1.165, 1.54) is 30.5 Å². The van der Waals surface area contributed by atoms with Gasteiger partial charge in [-0.05, 0) is 30.7 Å². The van der Waals surface area contributed by atoms with Crippen LogP contribution >= 0.6 is 0 Å². The van der Waals surface area contributed by atoms with Crippen molar-refractivity contribution in [3.63, 3.8) is 0 Å². The van der Waals surface area contributed by atoms with Crippen LogP contribution in [0.2, 0.25) is 0 Å². The topological polar surface area (TPSA) is 50.4 Å². The first kappa shape index (κ1) is 18.9. The Bertz CT molecular complexity index is 1210. The molecule has 0 spiro atoms. The molecule has 29 heavy (non-hydrogen) atoms. The van der Waals surface area contributed by atoms with E-state index < -0.39 is 17.6 Å². The molecule has 4 rings (SSSR count). The number of benzene rings is 2. The number of hydrogen-bond acceptors (Lipinski definition) is 3. The van der Waals surface area contributed by atoms with Crippen LogP contribution < -0.4 is 0 Å². The molecule has 0 unspecified atom stereocenters. The number of nitrogens with zero attached hydrogens (tertiary/aromatic N) is 3. The van der Waals surface area contributed by atoms with Crippen LogP contribution in [0.25, 0.3) is 28.2 Å². The van der Waals surface area contributed by atoms with E-state index in [9.17, 15) is 22.7 Å². The van der Waals surface area contributed by atoms with Gasteiger partial charge in [0, 0.05) is 23.4 Å². The first-order chi connectivity index (χ1) is 13.8. The van der Waals surface area contributed by atoms with Crippen LogP contribution in [0.5, 0.6) is 5.75 Å². The van der Waals surface area contributed by atoms with Crippen molar-refractivity contribution in [3.05, 3.63) is 71.9 Å². The molecular formula is C21H15F4N3O. The number of imidazole rings is 1. The molecule has 0 aliphatic carbocycles. The molecule has 2 aromatic carbocycles. The lowest BCUT2D eigenvalue weighted by Crippen LogP contribution is -2.04. The first-order valence-corrected chi connectivity index (χ1v) is 8.81. The van der Waals surface area contributed by atoms with Gasteiger partial charge < -0.3 is 5.11 Å². The van der Waals surface area contributed by atoms with Gasteiger partial charge in [-0.15, -0.1) is 0 Å². The Kier molecular flexibility index (Phi) is 4.49. The highest BCUT2D eigenvalue weighted by molar-refractivity contribution is 5.70. The molecule has 4 aromatic rings. The average Bonchev–Trinajstić information content (AvgIpc) is 3.05. The van der Waals surface area contributed by atoms with E-state index in [2.05, 4.69) is 9.97 Å². The maximum atomic E-state index is 14.5. The molecule has 0 radical (unpaired) electrons. The second-order valence-corrected chi connectivity index (χ2v) is 6.50. The minimum absolute atomic E-state index is 0.204. The summed E-state index contributed by atoms with van der Waals surface area (Å²) in [6.45, 7) is 1.87. The van der Waals surface area contributed by atoms with E-state index in [-0.39, 0.29) is 16.9 Å². The van der Waals surface area contributed by atoms with Gasteiger partial charge in [0.25, 0.3) is 0 Å². The van der Waals surface area contributed by atoms with Gasteiger partial charge in [0.15, 0.2) is 5.65 Å². The Morgan fingerprint density at radius 1 is 1.10 bits per heavy atom. The molecule has 4 nitrogen and oxygen atoms in total. The summed E-state index contributed by atoms with van der Waals surface area (Å²) in [5.74, 6) is -0.830. The van der Waals surface area contributed by atoms with Crippen molar-refractivity contribution in [3.8, 4) is 28.3 Å². The van der Waals surface area contributed by atoms with Gasteiger partial charge in [-0.2, -0.15) is 13.2 Å². The Balaban J connectivity index is 1.93. The number of phenolic OH excluding ortho intramolecular Hbond substituents is 1. The number of halogens is 4. The summed E-state index contributed by atoms with van der Waals surface area (Å²) in [6.07, 6.45) is -0.976. The van der Waals surface area contributed by atoms with Crippen molar-refractivity contribution in [1.82, 2.24) is 14.4 Å². The molecule has 0 fully saturated rings. The molecule has 8 heteroatoms. The highest BCUT2D eigenvalue weighted by Crippen LogP contribution is 2.33. The third-order valence-corrected chi connectivity index (χ3v) is 4.61. The van der Waals surface area contributed by atoms with Crippen LogP contribution in [-0.2, 0) is 12.6 Å². The lowest BCUT2D eigenvalue weighted by atomic mass is 10.1. The summed E-state index contributed by atoms with van der Waals surface area (Å²) in [4.78, 5) is 8.69. The number of alkyl halides is 3. The summed E-state index contributed by atoms with van der Waals surface area (Å²) < 4.78 is 55.3. The van der Waals surface area contributed by atoms with E-state index in [1.807, 2.05) is 6.92 Å². The summed E-state index contributed by atoms with van der Waals surface area (Å²) in [6, 6.07) is 8.67. The Morgan fingerprint density at radius 2 is 1.90 bits per heavy atom. The lowest BCUT2D eigenvalue weighted by molar-refractivity contribution is -0.137. The zero-order valence-corrected chi connectivity index (χ0v) is 15.2. The zero-order valence-electron chi connectivity index (χ0n) is 15.2. The highest BCUT2D eigenvalue weighted by atomic mass is 19.4. The van der Waals surface area contributed by atoms with E-state index >= 15 is 0 Å². The van der Waals surface area contributed by atoms with Crippen LogP contribution in [0, 0.1) is 5.82 Å². The van der Waals surface area contributed by atoms with Crippen LogP contribution in [0.4, 0.5) is 17.6 Å². The largest absolute Gasteiger partial charge is 0.508 e. The summed E-state index contributed by atoms with van der Waals surface area (Å²) >= 11 is 0. The predicted octanol–water partition coefficient (Wildman–Crippen LogP) is 5.49. The van der Waals surface area contributed by atoms with Crippen molar-refractivity contribution in [2.75, 3.05) is 0 Å². The third-order valence-electron chi connectivity index (χ3n) is 4.61. The highest BCUT2D eigenvalue weighted by Gasteiger charge is 2.30. The molecule has 0 saturated heterocycles. The summed E-state index contributed by atoms with van der Waals surface area (Å²) in [7, 11) is 0. The summed E-state index contributed by atoms with van der Waals surface area (Å²) in [5, 5.41) is 9.49. The Hall–Kier alpha value is -3.42. The normalized spacial score (nSPS) is 11.9. The molecule has 2 heterocycles. The third kappa shape index (κ3) is 3.41. The fraction of sp³-hybridized carbons (Fsp3) is 0.143. The lowest BCUT2D eigenvalue weighted by Gasteiger charge is -2.10. The van der Waals surface area contributed by atoms with Crippen LogP contribution in [0.15, 0.2) is 54.9 Å². The average molecular weight is 401 g/mol. The number of hydrogen-bond donors (Lipinski definition) is 1. The Morgan fingerprint density at radius 3 is 2.59 bits per heavy atom. The molecular weight excluding hydrogens is 386 g/mol. The van der Waals surface area contributed by atoms with Gasteiger partial charge in [-0.3, -0.25) is 9.38 Å². The van der Waals surface area contributed by atoms with E-state index in [4.69, 9.17) is 0 Å². The molecule has 148 valence electrons. The number of aryl methyl sites for hydroxylation is 1. The smallest absolute Gasteiger partial charge is 0.416 e. The standard InChI is InChI=1S/C21H15F4N3O/c1-2-17-20(15-7-6-14(29)9-16(15)22)28-11-18(26-10-19(28)27-17)12-4-3-5-13(8-12)21(23,24)25/h3-11,29H,2H2,1H3. The van der Waals surface area contributed by atoms with Gasteiger partial charge in [0.05, 0.1) is 28.8 Å². The molecule has 0 saturated carbocycles.